The van der Waals surface area contributed by atoms with E-state index in [1.54, 1.807) is 32.8 Å². The molecule has 0 aromatic heterocycles. The Balaban J connectivity index is 1.94. The summed E-state index contributed by atoms with van der Waals surface area (Å²) < 4.78 is 43.3. The molecule has 0 radical (unpaired) electrons. The quantitative estimate of drug-likeness (QED) is 0.0185. The van der Waals surface area contributed by atoms with Crippen molar-refractivity contribution < 1.29 is 52.6 Å². The molecular weight excluding hydrogens is 789 g/mol. The van der Waals surface area contributed by atoms with Crippen LogP contribution in [-0.2, 0) is 38.0 Å². The number of nitrogens with one attached hydrogen (secondary N) is 1. The van der Waals surface area contributed by atoms with Gasteiger partial charge >= 0.3 is 18.2 Å². The first-order valence-corrected chi connectivity index (χ1v) is 21.9. The van der Waals surface area contributed by atoms with Crippen molar-refractivity contribution in [3.8, 4) is 0 Å². The first-order valence-electron chi connectivity index (χ1n) is 21.9. The van der Waals surface area contributed by atoms with E-state index in [9.17, 15) is 19.5 Å². The number of carbonyl (C=O) groups excluding carboxylic acids is 3. The third-order valence-electron chi connectivity index (χ3n) is 12.8. The number of esters is 1. The van der Waals surface area contributed by atoms with E-state index >= 15 is 0 Å². The van der Waals surface area contributed by atoms with E-state index in [4.69, 9.17) is 38.7 Å². The van der Waals surface area contributed by atoms with E-state index in [0.29, 0.717) is 56.5 Å². The van der Waals surface area contributed by atoms with Gasteiger partial charge in [-0.25, -0.2) is 14.4 Å². The molecule has 1 unspecified atom stereocenters. The topological polar surface area (TPSA) is 203 Å². The molecule has 2 saturated heterocycles. The standard InChI is InChI=1S/C44H76N6O11/c1-15-23-56-40(53)46-26-32-24-33(49(12)13)29(5)39(57-32)58-37(30(6)35-31(7)38(52)60-42(8,9)59-35)43(10,55-14)25-27(3)19-20-28(4)36-44(11,34(51)16-2)61-41(54)50(36)22-18-17-21-47-48-45/h15,27-30,32-34,36-37,39,51H,1,16-26H2,2-14H3,(H,46,53)/t27-,28-,29+,30-,32-,33?,34+,36+,37+,39-,43+,44+/m0/s1. The highest BCUT2D eigenvalue weighted by atomic mass is 16.7. The van der Waals surface area contributed by atoms with Crippen molar-refractivity contribution >= 4 is 18.2 Å². The summed E-state index contributed by atoms with van der Waals surface area (Å²) >= 11 is 0. The molecule has 0 aliphatic carbocycles. The minimum absolute atomic E-state index is 0.0367. The van der Waals surface area contributed by atoms with E-state index in [1.807, 2.05) is 41.8 Å². The van der Waals surface area contributed by atoms with E-state index in [2.05, 4.69) is 47.6 Å². The number of cyclic esters (lactones) is 2. The number of nitrogens with zero attached hydrogens (tertiary/aromatic N) is 5. The summed E-state index contributed by atoms with van der Waals surface area (Å²) in [4.78, 5) is 45.6. The van der Waals surface area contributed by atoms with Gasteiger partial charge in [-0.2, -0.15) is 0 Å². The molecule has 61 heavy (non-hydrogen) atoms. The van der Waals surface area contributed by atoms with Crippen LogP contribution in [0.15, 0.2) is 29.1 Å². The molecular formula is C44H76N6O11. The Morgan fingerprint density at radius 1 is 1.18 bits per heavy atom. The lowest BCUT2D eigenvalue weighted by molar-refractivity contribution is -0.286. The fourth-order valence-electron chi connectivity index (χ4n) is 9.48. The first-order chi connectivity index (χ1) is 28.6. The van der Waals surface area contributed by atoms with Crippen LogP contribution in [0.5, 0.6) is 0 Å². The van der Waals surface area contributed by atoms with Gasteiger partial charge in [0.2, 0.25) is 5.79 Å². The maximum atomic E-state index is 13.3. The van der Waals surface area contributed by atoms with Crippen molar-refractivity contribution in [1.82, 2.24) is 15.1 Å². The second kappa shape index (κ2) is 22.7. The highest BCUT2D eigenvalue weighted by Gasteiger charge is 2.56. The molecule has 2 N–H and O–H groups in total. The van der Waals surface area contributed by atoms with Gasteiger partial charge in [-0.1, -0.05) is 58.8 Å². The molecule has 3 rings (SSSR count). The molecule has 2 fully saturated rings. The Kier molecular flexibility index (Phi) is 19.2. The SMILES string of the molecule is C=CCOC(=O)NC[C@@H]1CC(N(C)C)[C@@H](C)[C@H](O[C@H]([C@@H](C)C2=C(C)C(=O)OC(C)(C)O2)[C@@](C)(C[C@@H](C)CC[C@H](C)[C@H]2N(CCCCN=[N+]=[N-])C(=O)O[C@]2(C)[C@H](O)CC)OC)O1. The van der Waals surface area contributed by atoms with Crippen LogP contribution < -0.4 is 5.32 Å². The van der Waals surface area contributed by atoms with Crippen LogP contribution in [0.2, 0.25) is 0 Å². The molecule has 0 aromatic rings. The number of rotatable bonds is 24. The normalized spacial score (nSPS) is 28.6. The first kappa shape index (κ1) is 51.7. The number of unbranched alkanes of at least 4 members (excludes halogenated alkanes) is 1. The summed E-state index contributed by atoms with van der Waals surface area (Å²) in [5, 5.41) is 17.6. The van der Waals surface area contributed by atoms with Crippen LogP contribution in [0.4, 0.5) is 9.59 Å². The number of hydrogen-bond acceptors (Lipinski definition) is 13. The van der Waals surface area contributed by atoms with Crippen molar-refractivity contribution in [1.29, 1.82) is 0 Å². The Hall–Kier alpha value is -3.60. The predicted molar refractivity (Wildman–Crippen MR) is 230 cm³/mol. The van der Waals surface area contributed by atoms with Gasteiger partial charge in [-0.05, 0) is 90.8 Å². The van der Waals surface area contributed by atoms with Crippen LogP contribution in [-0.4, -0.2) is 134 Å². The number of carbonyl (C=O) groups is 3. The van der Waals surface area contributed by atoms with Crippen LogP contribution in [0.1, 0.15) is 114 Å². The van der Waals surface area contributed by atoms with Crippen molar-refractivity contribution in [3.05, 3.63) is 34.4 Å². The van der Waals surface area contributed by atoms with Gasteiger partial charge in [-0.15, -0.1) is 0 Å². The zero-order chi connectivity index (χ0) is 45.9. The number of amides is 2. The predicted octanol–water partition coefficient (Wildman–Crippen LogP) is 7.47. The summed E-state index contributed by atoms with van der Waals surface area (Å²) in [5.74, 6) is -1.81. The van der Waals surface area contributed by atoms with Crippen LogP contribution in [0.25, 0.3) is 10.4 Å². The fraction of sp³-hybridized carbons (Fsp3) is 0.841. The zero-order valence-electron chi connectivity index (χ0n) is 39.1. The van der Waals surface area contributed by atoms with Crippen molar-refractivity contribution in [2.24, 2.45) is 28.8 Å². The number of hydrogen-bond donors (Lipinski definition) is 2. The molecule has 17 nitrogen and oxygen atoms in total. The summed E-state index contributed by atoms with van der Waals surface area (Å²) in [5.41, 5.74) is 6.99. The molecule has 3 aliphatic rings. The van der Waals surface area contributed by atoms with Crippen molar-refractivity contribution in [3.63, 3.8) is 0 Å². The van der Waals surface area contributed by atoms with Gasteiger partial charge in [0.15, 0.2) is 11.9 Å². The van der Waals surface area contributed by atoms with Crippen LogP contribution in [0, 0.1) is 23.7 Å². The lowest BCUT2D eigenvalue weighted by Gasteiger charge is -2.48. The highest BCUT2D eigenvalue weighted by molar-refractivity contribution is 5.89. The Labute approximate surface area is 363 Å². The minimum Gasteiger partial charge on any atom is -0.456 e. The highest BCUT2D eigenvalue weighted by Crippen LogP contribution is 2.44. The lowest BCUT2D eigenvalue weighted by atomic mass is 9.76. The maximum Gasteiger partial charge on any atom is 0.410 e. The third-order valence-corrected chi connectivity index (χ3v) is 12.8. The van der Waals surface area contributed by atoms with E-state index in [1.165, 1.54) is 6.08 Å². The molecule has 348 valence electrons. The number of ether oxygens (including phenoxy) is 7. The van der Waals surface area contributed by atoms with Crippen LogP contribution >= 0.6 is 0 Å². The molecule has 3 aliphatic heterocycles. The zero-order valence-corrected chi connectivity index (χ0v) is 39.1. The molecule has 0 aromatic carbocycles. The maximum absolute atomic E-state index is 13.3. The van der Waals surface area contributed by atoms with E-state index in [-0.39, 0.29) is 43.0 Å². The minimum atomic E-state index is -1.21. The second-order valence-corrected chi connectivity index (χ2v) is 18.4. The van der Waals surface area contributed by atoms with Gasteiger partial charge in [0.05, 0.1) is 35.5 Å². The molecule has 0 saturated carbocycles. The molecule has 0 bridgehead atoms. The van der Waals surface area contributed by atoms with Gasteiger partial charge in [-0.3, -0.25) is 0 Å². The fourth-order valence-corrected chi connectivity index (χ4v) is 9.48. The summed E-state index contributed by atoms with van der Waals surface area (Å²) in [6.07, 6.45) is 2.12. The van der Waals surface area contributed by atoms with Crippen LogP contribution in [0.3, 0.4) is 0 Å². The van der Waals surface area contributed by atoms with Gasteiger partial charge in [0, 0.05) is 63.4 Å². The number of aliphatic hydroxyl groups is 1. The van der Waals surface area contributed by atoms with Gasteiger partial charge in [0.1, 0.15) is 12.4 Å². The smallest absolute Gasteiger partial charge is 0.410 e. The van der Waals surface area contributed by atoms with Crippen molar-refractivity contribution in [2.45, 2.75) is 168 Å². The number of azide groups is 1. The third kappa shape index (κ3) is 13.2. The summed E-state index contributed by atoms with van der Waals surface area (Å²) in [6, 6.07) is -0.344. The lowest BCUT2D eigenvalue weighted by Crippen LogP contribution is -2.57. The number of methoxy groups -OCH3 is 1. The summed E-state index contributed by atoms with van der Waals surface area (Å²) in [7, 11) is 5.68. The van der Waals surface area contributed by atoms with E-state index in [0.717, 1.165) is 12.8 Å². The molecule has 0 spiro atoms. The monoisotopic (exact) mass is 865 g/mol. The van der Waals surface area contributed by atoms with Gasteiger partial charge < -0.3 is 53.4 Å². The Morgan fingerprint density at radius 3 is 2.48 bits per heavy atom. The van der Waals surface area contributed by atoms with Gasteiger partial charge in [0.25, 0.3) is 0 Å². The Bertz CT molecular complexity index is 1570. The van der Waals surface area contributed by atoms with E-state index < -0.39 is 65.7 Å². The molecule has 3 heterocycles. The average molecular weight is 865 g/mol. The summed E-state index contributed by atoms with van der Waals surface area (Å²) in [6.45, 7) is 23.7. The van der Waals surface area contributed by atoms with Crippen molar-refractivity contribution in [2.75, 3.05) is 47.4 Å². The number of aliphatic hydroxyl groups excluding tert-OH is 1. The molecule has 17 heteroatoms. The second-order valence-electron chi connectivity index (χ2n) is 18.4. The molecule has 12 atom stereocenters. The average Bonchev–Trinajstić information content (AvgIpc) is 3.47. The largest absolute Gasteiger partial charge is 0.456 e. The molecule has 2 amide bonds. The number of alkyl carbamates (subject to hydrolysis) is 1. The Morgan fingerprint density at radius 2 is 1.87 bits per heavy atom.